The molecule has 20 heavy (non-hydrogen) atoms. The molecule has 0 radical (unpaired) electrons. The standard InChI is InChI=1S/C15H24N2O3/c1-10(16-3)12-7-8-13(14(9-12)19-6)20-11(2)15(18)17(4)5/h7-11,16H,1-6H3. The fourth-order valence-electron chi connectivity index (χ4n) is 1.82. The summed E-state index contributed by atoms with van der Waals surface area (Å²) in [5, 5.41) is 3.17. The third-order valence-corrected chi connectivity index (χ3v) is 3.21. The number of amides is 1. The Morgan fingerprint density at radius 1 is 1.25 bits per heavy atom. The maximum absolute atomic E-state index is 11.8. The lowest BCUT2D eigenvalue weighted by Gasteiger charge is -2.20. The zero-order chi connectivity index (χ0) is 15.3. The number of rotatable bonds is 6. The number of benzene rings is 1. The van der Waals surface area contributed by atoms with Gasteiger partial charge in [0.15, 0.2) is 17.6 Å². The first-order valence-electron chi connectivity index (χ1n) is 6.63. The average Bonchev–Trinajstić information content (AvgIpc) is 2.45. The summed E-state index contributed by atoms with van der Waals surface area (Å²) in [6.45, 7) is 3.79. The summed E-state index contributed by atoms with van der Waals surface area (Å²) in [5.41, 5.74) is 1.10. The van der Waals surface area contributed by atoms with E-state index in [9.17, 15) is 4.79 Å². The molecule has 1 amide bonds. The zero-order valence-corrected chi connectivity index (χ0v) is 13.1. The zero-order valence-electron chi connectivity index (χ0n) is 13.1. The van der Waals surface area contributed by atoms with E-state index in [-0.39, 0.29) is 11.9 Å². The maximum Gasteiger partial charge on any atom is 0.262 e. The fraction of sp³-hybridized carbons (Fsp3) is 0.533. The summed E-state index contributed by atoms with van der Waals surface area (Å²) in [4.78, 5) is 13.3. The second-order valence-corrected chi connectivity index (χ2v) is 4.91. The van der Waals surface area contributed by atoms with Crippen LogP contribution in [0.4, 0.5) is 0 Å². The van der Waals surface area contributed by atoms with E-state index in [1.54, 1.807) is 28.1 Å². The predicted molar refractivity (Wildman–Crippen MR) is 79.3 cm³/mol. The second-order valence-electron chi connectivity index (χ2n) is 4.91. The molecule has 0 aliphatic rings. The fourth-order valence-corrected chi connectivity index (χ4v) is 1.82. The number of nitrogens with one attached hydrogen (secondary N) is 1. The number of nitrogens with zero attached hydrogens (tertiary/aromatic N) is 1. The molecular formula is C15H24N2O3. The monoisotopic (exact) mass is 280 g/mol. The summed E-state index contributed by atoms with van der Waals surface area (Å²) in [6.07, 6.45) is -0.550. The quantitative estimate of drug-likeness (QED) is 0.864. The SMILES string of the molecule is CNC(C)c1ccc(OC(C)C(=O)N(C)C)c(OC)c1. The Hall–Kier alpha value is -1.75. The van der Waals surface area contributed by atoms with Crippen LogP contribution >= 0.6 is 0 Å². The van der Waals surface area contributed by atoms with Crippen molar-refractivity contribution in [2.75, 3.05) is 28.3 Å². The van der Waals surface area contributed by atoms with E-state index in [1.165, 1.54) is 4.90 Å². The maximum atomic E-state index is 11.8. The molecule has 1 aromatic rings. The van der Waals surface area contributed by atoms with Gasteiger partial charge in [0.25, 0.3) is 5.91 Å². The van der Waals surface area contributed by atoms with Crippen LogP contribution in [0.5, 0.6) is 11.5 Å². The van der Waals surface area contributed by atoms with Crippen molar-refractivity contribution in [1.82, 2.24) is 10.2 Å². The molecule has 2 atom stereocenters. The van der Waals surface area contributed by atoms with Crippen LogP contribution in [0.15, 0.2) is 18.2 Å². The van der Waals surface area contributed by atoms with E-state index in [4.69, 9.17) is 9.47 Å². The predicted octanol–water partition coefficient (Wildman–Crippen LogP) is 1.83. The molecule has 5 nitrogen and oxygen atoms in total. The van der Waals surface area contributed by atoms with E-state index < -0.39 is 6.10 Å². The molecule has 0 aromatic heterocycles. The van der Waals surface area contributed by atoms with E-state index in [0.717, 1.165) is 5.56 Å². The molecule has 0 aliphatic heterocycles. The Bertz CT molecular complexity index is 460. The Labute approximate surface area is 120 Å². The minimum Gasteiger partial charge on any atom is -0.493 e. The highest BCUT2D eigenvalue weighted by Gasteiger charge is 2.19. The first-order valence-corrected chi connectivity index (χ1v) is 6.63. The molecule has 0 saturated heterocycles. The van der Waals surface area contributed by atoms with Crippen molar-refractivity contribution >= 4 is 5.91 Å². The first-order chi connectivity index (χ1) is 9.40. The number of carbonyl (C=O) groups excluding carboxylic acids is 1. The largest absolute Gasteiger partial charge is 0.493 e. The second kappa shape index (κ2) is 7.14. The van der Waals surface area contributed by atoms with Gasteiger partial charge in [-0.15, -0.1) is 0 Å². The third kappa shape index (κ3) is 3.87. The molecule has 0 fully saturated rings. The molecule has 1 aromatic carbocycles. The summed E-state index contributed by atoms with van der Waals surface area (Å²) in [5.74, 6) is 1.12. The minimum atomic E-state index is -0.550. The molecule has 0 bridgehead atoms. The summed E-state index contributed by atoms with van der Waals surface area (Å²) < 4.78 is 11.0. The Balaban J connectivity index is 2.93. The number of hydrogen-bond donors (Lipinski definition) is 1. The minimum absolute atomic E-state index is 0.0836. The lowest BCUT2D eigenvalue weighted by molar-refractivity contribution is -0.135. The van der Waals surface area contributed by atoms with Crippen LogP contribution in [0.25, 0.3) is 0 Å². The van der Waals surface area contributed by atoms with Gasteiger partial charge in [-0.3, -0.25) is 4.79 Å². The van der Waals surface area contributed by atoms with Gasteiger partial charge < -0.3 is 19.7 Å². The molecule has 0 heterocycles. The molecular weight excluding hydrogens is 256 g/mol. The number of carbonyl (C=O) groups is 1. The van der Waals surface area contributed by atoms with Gasteiger partial charge in [-0.25, -0.2) is 0 Å². The van der Waals surface area contributed by atoms with Crippen molar-refractivity contribution in [3.8, 4) is 11.5 Å². The van der Waals surface area contributed by atoms with Gasteiger partial charge in [0.1, 0.15) is 0 Å². The Kier molecular flexibility index (Phi) is 5.82. The highest BCUT2D eigenvalue weighted by molar-refractivity contribution is 5.80. The van der Waals surface area contributed by atoms with E-state index in [0.29, 0.717) is 11.5 Å². The van der Waals surface area contributed by atoms with Crippen LogP contribution < -0.4 is 14.8 Å². The van der Waals surface area contributed by atoms with Gasteiger partial charge >= 0.3 is 0 Å². The number of hydrogen-bond acceptors (Lipinski definition) is 4. The highest BCUT2D eigenvalue weighted by Crippen LogP contribution is 2.31. The van der Waals surface area contributed by atoms with Gasteiger partial charge in [-0.2, -0.15) is 0 Å². The van der Waals surface area contributed by atoms with Gasteiger partial charge in [-0.05, 0) is 38.6 Å². The van der Waals surface area contributed by atoms with Crippen molar-refractivity contribution in [2.24, 2.45) is 0 Å². The van der Waals surface area contributed by atoms with Crippen molar-refractivity contribution < 1.29 is 14.3 Å². The molecule has 112 valence electrons. The van der Waals surface area contributed by atoms with Crippen LogP contribution in [0.3, 0.4) is 0 Å². The normalized spacial score (nSPS) is 13.5. The molecule has 0 saturated carbocycles. The molecule has 1 N–H and O–H groups in total. The van der Waals surface area contributed by atoms with Crippen LogP contribution in [-0.2, 0) is 4.79 Å². The van der Waals surface area contributed by atoms with Gasteiger partial charge in [0, 0.05) is 20.1 Å². The Morgan fingerprint density at radius 3 is 2.40 bits per heavy atom. The lowest BCUT2D eigenvalue weighted by Crippen LogP contribution is -2.35. The van der Waals surface area contributed by atoms with E-state index in [2.05, 4.69) is 12.2 Å². The van der Waals surface area contributed by atoms with Crippen molar-refractivity contribution in [3.63, 3.8) is 0 Å². The van der Waals surface area contributed by atoms with Gasteiger partial charge in [0.2, 0.25) is 0 Å². The van der Waals surface area contributed by atoms with E-state index >= 15 is 0 Å². The topological polar surface area (TPSA) is 50.8 Å². The van der Waals surface area contributed by atoms with Crippen LogP contribution in [0.1, 0.15) is 25.5 Å². The Morgan fingerprint density at radius 2 is 1.90 bits per heavy atom. The van der Waals surface area contributed by atoms with Crippen LogP contribution in [-0.4, -0.2) is 45.2 Å². The van der Waals surface area contributed by atoms with Crippen LogP contribution in [0.2, 0.25) is 0 Å². The average molecular weight is 280 g/mol. The summed E-state index contributed by atoms with van der Waals surface area (Å²) >= 11 is 0. The molecule has 1 rings (SSSR count). The van der Waals surface area contributed by atoms with Crippen molar-refractivity contribution in [2.45, 2.75) is 26.0 Å². The highest BCUT2D eigenvalue weighted by atomic mass is 16.5. The number of methoxy groups -OCH3 is 1. The van der Waals surface area contributed by atoms with Crippen LogP contribution in [0, 0.1) is 0 Å². The summed E-state index contributed by atoms with van der Waals surface area (Å²) in [6, 6.07) is 5.94. The molecule has 0 spiro atoms. The molecule has 2 unspecified atom stereocenters. The first kappa shape index (κ1) is 16.3. The number of likely N-dealkylation sites (N-methyl/N-ethyl adjacent to an activating group) is 1. The van der Waals surface area contributed by atoms with Gasteiger partial charge in [0.05, 0.1) is 7.11 Å². The smallest absolute Gasteiger partial charge is 0.262 e. The van der Waals surface area contributed by atoms with E-state index in [1.807, 2.05) is 25.2 Å². The summed E-state index contributed by atoms with van der Waals surface area (Å²) in [7, 11) is 6.90. The number of ether oxygens (including phenoxy) is 2. The van der Waals surface area contributed by atoms with Crippen molar-refractivity contribution in [1.29, 1.82) is 0 Å². The molecule has 0 aliphatic carbocycles. The van der Waals surface area contributed by atoms with Gasteiger partial charge in [-0.1, -0.05) is 6.07 Å². The molecule has 5 heteroatoms. The third-order valence-electron chi connectivity index (χ3n) is 3.21. The van der Waals surface area contributed by atoms with Crippen molar-refractivity contribution in [3.05, 3.63) is 23.8 Å². The lowest BCUT2D eigenvalue weighted by atomic mass is 10.1.